The molecule has 1 heterocycles. The smallest absolute Gasteiger partial charge is 0.269 e. The van der Waals surface area contributed by atoms with Gasteiger partial charge in [-0.1, -0.05) is 15.9 Å². The summed E-state index contributed by atoms with van der Waals surface area (Å²) in [5, 5.41) is 6.03. The van der Waals surface area contributed by atoms with E-state index in [9.17, 15) is 4.79 Å². The molecule has 0 fully saturated rings. The molecular formula is C16H18BrN3O2. The van der Waals surface area contributed by atoms with Gasteiger partial charge in [-0.15, -0.1) is 0 Å². The molecule has 6 heteroatoms. The molecular weight excluding hydrogens is 346 g/mol. The first-order valence-corrected chi connectivity index (χ1v) is 7.74. The van der Waals surface area contributed by atoms with Crippen LogP contribution in [0.15, 0.2) is 47.1 Å². The summed E-state index contributed by atoms with van der Waals surface area (Å²) in [6, 6.07) is 11.4. The van der Waals surface area contributed by atoms with Crippen molar-refractivity contribution in [3.8, 4) is 0 Å². The standard InChI is InChI=1S/C16H18BrN3O2/c1-22-10-2-9-18-16(21)15-8-7-14(11-19-15)20-13-5-3-12(17)4-6-13/h3-8,11,20H,2,9-10H2,1H3,(H,18,21). The first-order chi connectivity index (χ1) is 10.7. The van der Waals surface area contributed by atoms with Crippen molar-refractivity contribution in [3.63, 3.8) is 0 Å². The Bertz CT molecular complexity index is 600. The average Bonchev–Trinajstić information content (AvgIpc) is 2.54. The number of benzene rings is 1. The van der Waals surface area contributed by atoms with Gasteiger partial charge >= 0.3 is 0 Å². The Balaban J connectivity index is 1.89. The maximum absolute atomic E-state index is 11.9. The highest BCUT2D eigenvalue weighted by Gasteiger charge is 2.06. The Labute approximate surface area is 138 Å². The first-order valence-electron chi connectivity index (χ1n) is 6.95. The number of pyridine rings is 1. The zero-order chi connectivity index (χ0) is 15.8. The van der Waals surface area contributed by atoms with Crippen LogP contribution in [0.2, 0.25) is 0 Å². The van der Waals surface area contributed by atoms with Crippen LogP contribution in [0, 0.1) is 0 Å². The fraction of sp³-hybridized carbons (Fsp3) is 0.250. The number of amides is 1. The van der Waals surface area contributed by atoms with Gasteiger partial charge in [0.1, 0.15) is 5.69 Å². The van der Waals surface area contributed by atoms with E-state index in [1.165, 1.54) is 0 Å². The predicted octanol–water partition coefficient (Wildman–Crippen LogP) is 3.35. The maximum Gasteiger partial charge on any atom is 0.269 e. The third-order valence-corrected chi connectivity index (χ3v) is 3.47. The molecule has 2 aromatic rings. The van der Waals surface area contributed by atoms with Crippen molar-refractivity contribution in [2.24, 2.45) is 0 Å². The molecule has 0 aliphatic carbocycles. The van der Waals surface area contributed by atoms with E-state index < -0.39 is 0 Å². The van der Waals surface area contributed by atoms with E-state index in [2.05, 4.69) is 31.5 Å². The first kappa shape index (κ1) is 16.5. The quantitative estimate of drug-likeness (QED) is 0.740. The molecule has 1 amide bonds. The van der Waals surface area contributed by atoms with Gasteiger partial charge in [0.2, 0.25) is 0 Å². The molecule has 0 unspecified atom stereocenters. The van der Waals surface area contributed by atoms with Crippen LogP contribution in [0.5, 0.6) is 0 Å². The van der Waals surface area contributed by atoms with Gasteiger partial charge in [0.25, 0.3) is 5.91 Å². The fourth-order valence-corrected chi connectivity index (χ4v) is 2.08. The van der Waals surface area contributed by atoms with Crippen molar-refractivity contribution in [2.75, 3.05) is 25.6 Å². The van der Waals surface area contributed by atoms with Crippen LogP contribution in [0.25, 0.3) is 0 Å². The molecule has 1 aromatic carbocycles. The SMILES string of the molecule is COCCCNC(=O)c1ccc(Nc2ccc(Br)cc2)cn1. The summed E-state index contributed by atoms with van der Waals surface area (Å²) < 4.78 is 5.96. The van der Waals surface area contributed by atoms with Crippen LogP contribution >= 0.6 is 15.9 Å². The molecule has 0 radical (unpaired) electrons. The molecule has 0 bridgehead atoms. The Morgan fingerprint density at radius 2 is 1.91 bits per heavy atom. The van der Waals surface area contributed by atoms with Crippen molar-refractivity contribution < 1.29 is 9.53 Å². The Morgan fingerprint density at radius 3 is 2.55 bits per heavy atom. The van der Waals surface area contributed by atoms with Crippen molar-refractivity contribution >= 4 is 33.2 Å². The van der Waals surface area contributed by atoms with Crippen molar-refractivity contribution in [1.29, 1.82) is 0 Å². The minimum absolute atomic E-state index is 0.175. The summed E-state index contributed by atoms with van der Waals surface area (Å²) in [6.07, 6.45) is 2.43. The molecule has 0 spiro atoms. The van der Waals surface area contributed by atoms with E-state index in [4.69, 9.17) is 4.74 Å². The molecule has 0 atom stereocenters. The molecule has 22 heavy (non-hydrogen) atoms. The average molecular weight is 364 g/mol. The highest BCUT2D eigenvalue weighted by molar-refractivity contribution is 9.10. The number of ether oxygens (including phenoxy) is 1. The third-order valence-electron chi connectivity index (χ3n) is 2.94. The number of rotatable bonds is 7. The van der Waals surface area contributed by atoms with Crippen molar-refractivity contribution in [1.82, 2.24) is 10.3 Å². The van der Waals surface area contributed by atoms with Crippen LogP contribution in [-0.4, -0.2) is 31.2 Å². The minimum atomic E-state index is -0.175. The summed E-state index contributed by atoms with van der Waals surface area (Å²) >= 11 is 3.39. The third kappa shape index (κ3) is 5.13. The number of aromatic nitrogens is 1. The summed E-state index contributed by atoms with van der Waals surface area (Å²) in [5.41, 5.74) is 2.19. The summed E-state index contributed by atoms with van der Waals surface area (Å²) in [6.45, 7) is 1.21. The highest BCUT2D eigenvalue weighted by Crippen LogP contribution is 2.18. The van der Waals surface area contributed by atoms with E-state index in [1.54, 1.807) is 19.4 Å². The highest BCUT2D eigenvalue weighted by atomic mass is 79.9. The van der Waals surface area contributed by atoms with Gasteiger partial charge in [-0.3, -0.25) is 4.79 Å². The van der Waals surface area contributed by atoms with Crippen LogP contribution in [0.3, 0.4) is 0 Å². The van der Waals surface area contributed by atoms with E-state index >= 15 is 0 Å². The van der Waals surface area contributed by atoms with Crippen LogP contribution < -0.4 is 10.6 Å². The number of nitrogens with zero attached hydrogens (tertiary/aromatic N) is 1. The normalized spacial score (nSPS) is 10.3. The second kappa shape index (κ2) is 8.51. The van der Waals surface area contributed by atoms with Gasteiger partial charge in [-0.05, 0) is 42.8 Å². The Morgan fingerprint density at radius 1 is 1.18 bits per heavy atom. The van der Waals surface area contributed by atoms with Crippen LogP contribution in [0.1, 0.15) is 16.9 Å². The molecule has 5 nitrogen and oxygen atoms in total. The number of anilines is 2. The number of nitrogens with one attached hydrogen (secondary N) is 2. The molecule has 0 saturated heterocycles. The topological polar surface area (TPSA) is 63.2 Å². The van der Waals surface area contributed by atoms with Crippen LogP contribution in [-0.2, 0) is 4.74 Å². The number of carbonyl (C=O) groups is 1. The monoisotopic (exact) mass is 363 g/mol. The van der Waals surface area contributed by atoms with E-state index in [0.717, 1.165) is 22.3 Å². The zero-order valence-electron chi connectivity index (χ0n) is 12.3. The molecule has 1 aromatic heterocycles. The number of halogens is 1. The number of hydrogen-bond donors (Lipinski definition) is 2. The molecule has 2 rings (SSSR count). The van der Waals surface area contributed by atoms with Gasteiger partial charge < -0.3 is 15.4 Å². The van der Waals surface area contributed by atoms with E-state index in [-0.39, 0.29) is 5.91 Å². The van der Waals surface area contributed by atoms with E-state index in [0.29, 0.717) is 18.8 Å². The fourth-order valence-electron chi connectivity index (χ4n) is 1.81. The Kier molecular flexibility index (Phi) is 6.36. The summed E-state index contributed by atoms with van der Waals surface area (Å²) in [5.74, 6) is -0.175. The lowest BCUT2D eigenvalue weighted by Gasteiger charge is -2.07. The van der Waals surface area contributed by atoms with Crippen LogP contribution in [0.4, 0.5) is 11.4 Å². The molecule has 0 saturated carbocycles. The maximum atomic E-state index is 11.9. The lowest BCUT2D eigenvalue weighted by molar-refractivity contribution is 0.0943. The second-order valence-corrected chi connectivity index (χ2v) is 5.58. The molecule has 0 aliphatic heterocycles. The molecule has 116 valence electrons. The molecule has 0 aliphatic rings. The lowest BCUT2D eigenvalue weighted by Crippen LogP contribution is -2.26. The van der Waals surface area contributed by atoms with Gasteiger partial charge in [-0.25, -0.2) is 4.98 Å². The Hall–Kier alpha value is -1.92. The van der Waals surface area contributed by atoms with E-state index in [1.807, 2.05) is 30.3 Å². The lowest BCUT2D eigenvalue weighted by atomic mass is 10.3. The van der Waals surface area contributed by atoms with Gasteiger partial charge in [0.05, 0.1) is 11.9 Å². The summed E-state index contributed by atoms with van der Waals surface area (Å²) in [4.78, 5) is 16.1. The molecule has 2 N–H and O–H groups in total. The number of carbonyl (C=O) groups excluding carboxylic acids is 1. The van der Waals surface area contributed by atoms with Crippen molar-refractivity contribution in [3.05, 3.63) is 52.8 Å². The number of hydrogen-bond acceptors (Lipinski definition) is 4. The number of methoxy groups -OCH3 is 1. The largest absolute Gasteiger partial charge is 0.385 e. The second-order valence-electron chi connectivity index (χ2n) is 4.67. The zero-order valence-corrected chi connectivity index (χ0v) is 13.9. The minimum Gasteiger partial charge on any atom is -0.385 e. The van der Waals surface area contributed by atoms with Gasteiger partial charge in [0, 0.05) is 30.4 Å². The van der Waals surface area contributed by atoms with Gasteiger partial charge in [0.15, 0.2) is 0 Å². The predicted molar refractivity (Wildman–Crippen MR) is 90.5 cm³/mol. The van der Waals surface area contributed by atoms with Crippen molar-refractivity contribution in [2.45, 2.75) is 6.42 Å². The summed E-state index contributed by atoms with van der Waals surface area (Å²) in [7, 11) is 1.64. The van der Waals surface area contributed by atoms with Gasteiger partial charge in [-0.2, -0.15) is 0 Å².